The third-order valence-electron chi connectivity index (χ3n) is 4.11. The molecule has 0 bridgehead atoms. The van der Waals surface area contributed by atoms with Gasteiger partial charge >= 0.3 is 5.97 Å². The molecule has 1 aromatic heterocycles. The van der Waals surface area contributed by atoms with Crippen LogP contribution >= 0.6 is 23.2 Å². The highest BCUT2D eigenvalue weighted by Crippen LogP contribution is 2.26. The van der Waals surface area contributed by atoms with E-state index in [-0.39, 0.29) is 23.6 Å². The summed E-state index contributed by atoms with van der Waals surface area (Å²) in [5.41, 5.74) is 0.954. The van der Waals surface area contributed by atoms with Crippen LogP contribution in [0.2, 0.25) is 10.0 Å². The van der Waals surface area contributed by atoms with Crippen molar-refractivity contribution in [3.63, 3.8) is 0 Å². The van der Waals surface area contributed by atoms with Crippen LogP contribution in [0.5, 0.6) is 0 Å². The first kappa shape index (κ1) is 16.8. The Morgan fingerprint density at radius 3 is 2.67 bits per heavy atom. The number of hydrogen-bond acceptors (Lipinski definition) is 3. The van der Waals surface area contributed by atoms with Gasteiger partial charge in [0.25, 0.3) is 5.91 Å². The molecular formula is C16H15Cl2N3O3. The van der Waals surface area contributed by atoms with Crippen molar-refractivity contribution < 1.29 is 14.7 Å². The van der Waals surface area contributed by atoms with Crippen LogP contribution in [0.4, 0.5) is 0 Å². The second-order valence-corrected chi connectivity index (χ2v) is 6.58. The van der Waals surface area contributed by atoms with Crippen molar-refractivity contribution in [3.8, 4) is 5.69 Å². The summed E-state index contributed by atoms with van der Waals surface area (Å²) in [7, 11) is 0. The summed E-state index contributed by atoms with van der Waals surface area (Å²) in [5, 5.41) is 16.9. The second kappa shape index (κ2) is 6.83. The van der Waals surface area contributed by atoms with E-state index in [4.69, 9.17) is 28.3 Å². The van der Waals surface area contributed by atoms with Crippen molar-refractivity contribution in [2.24, 2.45) is 5.92 Å². The Balaban J connectivity index is 1.68. The van der Waals surface area contributed by atoms with Gasteiger partial charge in [0.15, 0.2) is 5.69 Å². The molecule has 0 spiro atoms. The molecule has 1 fully saturated rings. The molecule has 1 saturated carbocycles. The molecule has 24 heavy (non-hydrogen) atoms. The number of carboxylic acid groups (broad SMARTS) is 1. The van der Waals surface area contributed by atoms with Crippen LogP contribution in [0.25, 0.3) is 5.69 Å². The van der Waals surface area contributed by atoms with Gasteiger partial charge in [-0.3, -0.25) is 9.59 Å². The van der Waals surface area contributed by atoms with Crippen LogP contribution in [-0.4, -0.2) is 32.8 Å². The largest absolute Gasteiger partial charge is 0.481 e. The molecule has 2 N–H and O–H groups in total. The van der Waals surface area contributed by atoms with Crippen molar-refractivity contribution in [1.82, 2.24) is 15.1 Å². The van der Waals surface area contributed by atoms with Gasteiger partial charge in [0, 0.05) is 12.2 Å². The van der Waals surface area contributed by atoms with E-state index in [9.17, 15) is 9.59 Å². The van der Waals surface area contributed by atoms with Crippen molar-refractivity contribution in [2.45, 2.75) is 25.3 Å². The van der Waals surface area contributed by atoms with Crippen molar-refractivity contribution in [2.75, 3.05) is 0 Å². The molecule has 1 aromatic carbocycles. The zero-order chi connectivity index (χ0) is 17.3. The average Bonchev–Trinajstić information content (AvgIpc) is 3.19. The topological polar surface area (TPSA) is 84.2 Å². The Morgan fingerprint density at radius 1 is 1.21 bits per heavy atom. The van der Waals surface area contributed by atoms with E-state index in [2.05, 4.69) is 10.4 Å². The quantitative estimate of drug-likeness (QED) is 0.868. The molecule has 1 aliphatic carbocycles. The normalized spacial score (nSPS) is 20.1. The van der Waals surface area contributed by atoms with Crippen LogP contribution in [0.3, 0.4) is 0 Å². The van der Waals surface area contributed by atoms with Crippen molar-refractivity contribution in [1.29, 1.82) is 0 Å². The van der Waals surface area contributed by atoms with Crippen LogP contribution in [0.15, 0.2) is 30.5 Å². The molecular weight excluding hydrogens is 353 g/mol. The number of aromatic nitrogens is 2. The lowest BCUT2D eigenvalue weighted by Gasteiger charge is -2.11. The molecule has 126 valence electrons. The van der Waals surface area contributed by atoms with Crippen molar-refractivity contribution in [3.05, 3.63) is 46.2 Å². The lowest BCUT2D eigenvalue weighted by atomic mass is 10.1. The molecule has 0 radical (unpaired) electrons. The number of carbonyl (C=O) groups is 2. The van der Waals surface area contributed by atoms with Crippen LogP contribution in [-0.2, 0) is 4.79 Å². The monoisotopic (exact) mass is 367 g/mol. The minimum Gasteiger partial charge on any atom is -0.481 e. The molecule has 0 saturated heterocycles. The highest BCUT2D eigenvalue weighted by molar-refractivity contribution is 6.42. The predicted octanol–water partition coefficient (Wildman–Crippen LogP) is 3.16. The second-order valence-electron chi connectivity index (χ2n) is 5.76. The summed E-state index contributed by atoms with van der Waals surface area (Å²) in [4.78, 5) is 23.2. The number of carboxylic acids is 1. The average molecular weight is 368 g/mol. The molecule has 0 aliphatic heterocycles. The summed E-state index contributed by atoms with van der Waals surface area (Å²) < 4.78 is 1.53. The fourth-order valence-electron chi connectivity index (χ4n) is 2.81. The molecule has 0 unspecified atom stereocenters. The number of rotatable bonds is 4. The number of carbonyl (C=O) groups excluding carboxylic acids is 1. The summed E-state index contributed by atoms with van der Waals surface area (Å²) in [6, 6.07) is 6.53. The summed E-state index contributed by atoms with van der Waals surface area (Å²) >= 11 is 11.9. The van der Waals surface area contributed by atoms with E-state index < -0.39 is 5.97 Å². The van der Waals surface area contributed by atoms with E-state index in [1.54, 1.807) is 30.5 Å². The van der Waals surface area contributed by atoms with E-state index in [1.165, 1.54) is 4.68 Å². The Hall–Kier alpha value is -2.05. The highest BCUT2D eigenvalue weighted by atomic mass is 35.5. The maximum atomic E-state index is 12.3. The fraction of sp³-hybridized carbons (Fsp3) is 0.312. The van der Waals surface area contributed by atoms with Gasteiger partial charge in [0.2, 0.25) is 0 Å². The van der Waals surface area contributed by atoms with Crippen LogP contribution in [0, 0.1) is 5.92 Å². The third-order valence-corrected chi connectivity index (χ3v) is 4.85. The van der Waals surface area contributed by atoms with Gasteiger partial charge in [0.1, 0.15) is 0 Å². The van der Waals surface area contributed by atoms with E-state index in [0.29, 0.717) is 35.0 Å². The Bertz CT molecular complexity index is 791. The van der Waals surface area contributed by atoms with Crippen LogP contribution < -0.4 is 5.32 Å². The Morgan fingerprint density at radius 2 is 2.00 bits per heavy atom. The lowest BCUT2D eigenvalue weighted by molar-refractivity contribution is -0.141. The van der Waals surface area contributed by atoms with Gasteiger partial charge in [-0.2, -0.15) is 5.10 Å². The zero-order valence-electron chi connectivity index (χ0n) is 12.6. The highest BCUT2D eigenvalue weighted by Gasteiger charge is 2.31. The molecule has 8 heteroatoms. The molecule has 6 nitrogen and oxygen atoms in total. The van der Waals surface area contributed by atoms with E-state index in [1.807, 2.05) is 0 Å². The van der Waals surface area contributed by atoms with Crippen molar-refractivity contribution >= 4 is 35.1 Å². The zero-order valence-corrected chi connectivity index (χ0v) is 14.1. The van der Waals surface area contributed by atoms with Gasteiger partial charge < -0.3 is 10.4 Å². The summed E-state index contributed by atoms with van der Waals surface area (Å²) in [6.07, 6.45) is 3.35. The Labute approximate surface area is 148 Å². The number of halogens is 2. The number of benzene rings is 1. The van der Waals surface area contributed by atoms with Gasteiger partial charge in [-0.1, -0.05) is 23.2 Å². The first-order valence-electron chi connectivity index (χ1n) is 7.49. The SMILES string of the molecule is O=C(N[C@H]1CC[C@@H](C(=O)O)C1)c1ccn(-c2ccc(Cl)c(Cl)c2)n1. The summed E-state index contributed by atoms with van der Waals surface area (Å²) in [6.45, 7) is 0. The van der Waals surface area contributed by atoms with Gasteiger partial charge in [-0.05, 0) is 43.5 Å². The minimum atomic E-state index is -0.810. The molecule has 1 heterocycles. The molecule has 2 atom stereocenters. The first-order chi connectivity index (χ1) is 11.4. The molecule has 2 aromatic rings. The van der Waals surface area contributed by atoms with E-state index in [0.717, 1.165) is 0 Å². The fourth-order valence-corrected chi connectivity index (χ4v) is 3.10. The molecule has 1 amide bonds. The van der Waals surface area contributed by atoms with E-state index >= 15 is 0 Å². The predicted molar refractivity (Wildman–Crippen MR) is 89.8 cm³/mol. The number of nitrogens with zero attached hydrogens (tertiary/aromatic N) is 2. The summed E-state index contributed by atoms with van der Waals surface area (Å²) in [5.74, 6) is -1.51. The smallest absolute Gasteiger partial charge is 0.306 e. The minimum absolute atomic E-state index is 0.131. The van der Waals surface area contributed by atoms with Crippen LogP contribution in [0.1, 0.15) is 29.8 Å². The number of hydrogen-bond donors (Lipinski definition) is 2. The lowest BCUT2D eigenvalue weighted by Crippen LogP contribution is -2.33. The molecule has 3 rings (SSSR count). The maximum Gasteiger partial charge on any atom is 0.306 e. The standard InChI is InChI=1S/C16H15Cl2N3O3/c17-12-4-3-11(8-13(12)18)21-6-5-14(20-21)15(22)19-10-2-1-9(7-10)16(23)24/h3-6,8-10H,1-2,7H2,(H,19,22)(H,23,24)/t9-,10+/m1/s1. The number of amides is 1. The van der Waals surface area contributed by atoms with Gasteiger partial charge in [-0.15, -0.1) is 0 Å². The number of aliphatic carboxylic acids is 1. The Kier molecular flexibility index (Phi) is 4.78. The van der Waals surface area contributed by atoms with Gasteiger partial charge in [0.05, 0.1) is 21.7 Å². The molecule has 1 aliphatic rings. The first-order valence-corrected chi connectivity index (χ1v) is 8.24. The third kappa shape index (κ3) is 3.55. The maximum absolute atomic E-state index is 12.3. The van der Waals surface area contributed by atoms with Gasteiger partial charge in [-0.25, -0.2) is 4.68 Å². The number of nitrogens with one attached hydrogen (secondary N) is 1.